The van der Waals surface area contributed by atoms with Gasteiger partial charge in [-0.2, -0.15) is 0 Å². The van der Waals surface area contributed by atoms with E-state index in [1.54, 1.807) is 30.6 Å². The quantitative estimate of drug-likeness (QED) is 0.724. The maximum Gasteiger partial charge on any atom is 0.325 e. The predicted molar refractivity (Wildman–Crippen MR) is 50.4 cm³/mol. The minimum atomic E-state index is -1.07. The average molecular weight is 192 g/mol. The number of hydrogen-bond acceptors (Lipinski definition) is 3. The third-order valence-corrected chi connectivity index (χ3v) is 1.88. The normalized spacial score (nSPS) is 12.1. The second kappa shape index (κ2) is 4.53. The molecule has 0 aliphatic heterocycles. The van der Waals surface area contributed by atoms with Gasteiger partial charge < -0.3 is 10.8 Å². The molecular formula is C10H10NO3. The molecule has 0 aliphatic rings. The van der Waals surface area contributed by atoms with Crippen molar-refractivity contribution in [3.8, 4) is 0 Å². The van der Waals surface area contributed by atoms with E-state index in [4.69, 9.17) is 10.8 Å². The Labute approximate surface area is 81.3 Å². The number of rotatable bonds is 4. The number of carbonyl (C=O) groups excluding carboxylic acids is 1. The van der Waals surface area contributed by atoms with Gasteiger partial charge in [0.1, 0.15) is 6.04 Å². The zero-order valence-corrected chi connectivity index (χ0v) is 7.43. The molecule has 1 aromatic rings. The van der Waals surface area contributed by atoms with Crippen molar-refractivity contribution in [3.63, 3.8) is 0 Å². The van der Waals surface area contributed by atoms with E-state index < -0.39 is 12.0 Å². The van der Waals surface area contributed by atoms with Crippen LogP contribution in [0, 0.1) is 0 Å². The summed E-state index contributed by atoms with van der Waals surface area (Å²) >= 11 is 0. The molecule has 14 heavy (non-hydrogen) atoms. The van der Waals surface area contributed by atoms with E-state index in [9.17, 15) is 9.59 Å². The van der Waals surface area contributed by atoms with Gasteiger partial charge >= 0.3 is 5.97 Å². The van der Waals surface area contributed by atoms with Gasteiger partial charge in [-0.15, -0.1) is 0 Å². The Hall–Kier alpha value is -1.68. The van der Waals surface area contributed by atoms with Gasteiger partial charge in [0.2, 0.25) is 6.29 Å². The maximum atomic E-state index is 10.5. The minimum absolute atomic E-state index is 0.211. The van der Waals surface area contributed by atoms with Crippen LogP contribution in [0.25, 0.3) is 0 Å². The summed E-state index contributed by atoms with van der Waals surface area (Å²) in [5, 5.41) is 8.62. The van der Waals surface area contributed by atoms with Crippen LogP contribution < -0.4 is 5.73 Å². The summed E-state index contributed by atoms with van der Waals surface area (Å²) in [4.78, 5) is 20.6. The highest BCUT2D eigenvalue weighted by atomic mass is 16.4. The van der Waals surface area contributed by atoms with Crippen molar-refractivity contribution >= 4 is 12.3 Å². The Kier molecular flexibility index (Phi) is 3.36. The van der Waals surface area contributed by atoms with Gasteiger partial charge in [0.15, 0.2) is 0 Å². The summed E-state index contributed by atoms with van der Waals surface area (Å²) in [6.45, 7) is 0. The van der Waals surface area contributed by atoms with Crippen molar-refractivity contribution in [1.29, 1.82) is 0 Å². The molecule has 0 aromatic heterocycles. The number of hydrogen-bond donors (Lipinski definition) is 2. The summed E-state index contributed by atoms with van der Waals surface area (Å²) in [6.07, 6.45) is 1.97. The van der Waals surface area contributed by atoms with E-state index in [-0.39, 0.29) is 6.42 Å². The number of carboxylic acid groups (broad SMARTS) is 1. The highest BCUT2D eigenvalue weighted by Crippen LogP contribution is 2.11. The van der Waals surface area contributed by atoms with Crippen LogP contribution in [0.2, 0.25) is 0 Å². The molecule has 0 bridgehead atoms. The van der Waals surface area contributed by atoms with E-state index in [1.807, 2.05) is 0 Å². The van der Waals surface area contributed by atoms with Crippen LogP contribution in [0.5, 0.6) is 0 Å². The Bertz CT molecular complexity index is 332. The minimum Gasteiger partial charge on any atom is -0.480 e. The van der Waals surface area contributed by atoms with Crippen molar-refractivity contribution in [2.45, 2.75) is 12.5 Å². The Morgan fingerprint density at radius 3 is 2.43 bits per heavy atom. The van der Waals surface area contributed by atoms with Gasteiger partial charge in [-0.25, -0.2) is 0 Å². The standard InChI is InChI=1S/C10H10NO3/c11-9(10(13)14)8-3-1-7(2-4-8)5-6-12/h1-4,9H,5,11H2,(H,13,14). The van der Waals surface area contributed by atoms with E-state index in [0.717, 1.165) is 5.56 Å². The predicted octanol–water partition coefficient (Wildman–Crippen LogP) is 0.423. The van der Waals surface area contributed by atoms with Crippen molar-refractivity contribution in [1.82, 2.24) is 0 Å². The molecule has 0 fully saturated rings. The molecule has 0 saturated heterocycles. The third-order valence-electron chi connectivity index (χ3n) is 1.88. The SMILES string of the molecule is NC(C(=O)O)c1ccc(C[C]=O)cc1. The van der Waals surface area contributed by atoms with Crippen molar-refractivity contribution < 1.29 is 14.7 Å². The summed E-state index contributed by atoms with van der Waals surface area (Å²) in [7, 11) is 0. The monoisotopic (exact) mass is 192 g/mol. The second-order valence-corrected chi connectivity index (χ2v) is 2.88. The summed E-state index contributed by atoms with van der Waals surface area (Å²) in [6, 6.07) is 5.53. The molecule has 1 rings (SSSR count). The van der Waals surface area contributed by atoms with Crippen LogP contribution >= 0.6 is 0 Å². The van der Waals surface area contributed by atoms with Gasteiger partial charge in [-0.3, -0.25) is 9.59 Å². The molecule has 0 amide bonds. The van der Waals surface area contributed by atoms with Crippen molar-refractivity contribution in [3.05, 3.63) is 35.4 Å². The van der Waals surface area contributed by atoms with Gasteiger partial charge in [-0.05, 0) is 11.1 Å². The van der Waals surface area contributed by atoms with Crippen LogP contribution in [-0.4, -0.2) is 17.4 Å². The van der Waals surface area contributed by atoms with Crippen molar-refractivity contribution in [2.24, 2.45) is 5.73 Å². The molecule has 1 unspecified atom stereocenters. The van der Waals surface area contributed by atoms with Gasteiger partial charge in [0, 0.05) is 6.42 Å². The molecule has 73 valence electrons. The first kappa shape index (κ1) is 10.4. The molecule has 0 heterocycles. The fraction of sp³-hybridized carbons (Fsp3) is 0.200. The third kappa shape index (κ3) is 2.40. The lowest BCUT2D eigenvalue weighted by atomic mass is 10.0. The molecule has 0 spiro atoms. The van der Waals surface area contributed by atoms with Crippen LogP contribution in [-0.2, 0) is 16.0 Å². The number of benzene rings is 1. The largest absolute Gasteiger partial charge is 0.480 e. The van der Waals surface area contributed by atoms with Crippen LogP contribution in [0.3, 0.4) is 0 Å². The van der Waals surface area contributed by atoms with E-state index in [2.05, 4.69) is 0 Å². The molecular weight excluding hydrogens is 182 g/mol. The Morgan fingerprint density at radius 1 is 1.43 bits per heavy atom. The fourth-order valence-corrected chi connectivity index (χ4v) is 1.07. The maximum absolute atomic E-state index is 10.5. The summed E-state index contributed by atoms with van der Waals surface area (Å²) in [5.41, 5.74) is 6.70. The number of carbonyl (C=O) groups is 1. The summed E-state index contributed by atoms with van der Waals surface area (Å²) < 4.78 is 0. The zero-order valence-electron chi connectivity index (χ0n) is 7.43. The first-order valence-electron chi connectivity index (χ1n) is 4.07. The van der Waals surface area contributed by atoms with Gasteiger partial charge in [0.05, 0.1) is 0 Å². The van der Waals surface area contributed by atoms with Crippen LogP contribution in [0.15, 0.2) is 24.3 Å². The Balaban J connectivity index is 2.82. The molecule has 4 nitrogen and oxygen atoms in total. The molecule has 1 radical (unpaired) electrons. The average Bonchev–Trinajstić information content (AvgIpc) is 2.18. The topological polar surface area (TPSA) is 80.4 Å². The number of carboxylic acids is 1. The summed E-state index contributed by atoms with van der Waals surface area (Å²) in [5.74, 6) is -1.07. The fourth-order valence-electron chi connectivity index (χ4n) is 1.07. The molecule has 1 aromatic carbocycles. The first-order chi connectivity index (χ1) is 6.65. The zero-order chi connectivity index (χ0) is 10.6. The van der Waals surface area contributed by atoms with E-state index in [1.165, 1.54) is 0 Å². The molecule has 3 N–H and O–H groups in total. The van der Waals surface area contributed by atoms with E-state index in [0.29, 0.717) is 5.56 Å². The molecule has 1 atom stereocenters. The highest BCUT2D eigenvalue weighted by molar-refractivity contribution is 5.75. The second-order valence-electron chi connectivity index (χ2n) is 2.88. The van der Waals surface area contributed by atoms with Crippen LogP contribution in [0.4, 0.5) is 0 Å². The lowest BCUT2D eigenvalue weighted by Gasteiger charge is -2.06. The first-order valence-corrected chi connectivity index (χ1v) is 4.07. The smallest absolute Gasteiger partial charge is 0.325 e. The lowest BCUT2D eigenvalue weighted by Crippen LogP contribution is -2.20. The van der Waals surface area contributed by atoms with Crippen molar-refractivity contribution in [2.75, 3.05) is 0 Å². The number of aliphatic carboxylic acids is 1. The molecule has 0 aliphatic carbocycles. The molecule has 4 heteroatoms. The Morgan fingerprint density at radius 2 is 2.00 bits per heavy atom. The lowest BCUT2D eigenvalue weighted by molar-refractivity contribution is -0.138. The van der Waals surface area contributed by atoms with Gasteiger partial charge in [0.25, 0.3) is 0 Å². The van der Waals surface area contributed by atoms with E-state index >= 15 is 0 Å². The van der Waals surface area contributed by atoms with Crippen LogP contribution in [0.1, 0.15) is 17.2 Å². The van der Waals surface area contributed by atoms with Gasteiger partial charge in [-0.1, -0.05) is 24.3 Å². The molecule has 0 saturated carbocycles. The highest BCUT2D eigenvalue weighted by Gasteiger charge is 2.13. The number of nitrogens with two attached hydrogens (primary N) is 1.